The first kappa shape index (κ1) is 19.8. The van der Waals surface area contributed by atoms with Crippen LogP contribution in [-0.2, 0) is 6.18 Å². The highest BCUT2D eigenvalue weighted by atomic mass is 19.4. The third-order valence-electron chi connectivity index (χ3n) is 3.54. The average molecular weight is 369 g/mol. The number of alkyl halides is 3. The van der Waals surface area contributed by atoms with Crippen LogP contribution in [0.5, 0.6) is 11.6 Å². The summed E-state index contributed by atoms with van der Waals surface area (Å²) in [5.41, 5.74) is -0.240. The van der Waals surface area contributed by atoms with Gasteiger partial charge in [-0.2, -0.15) is 18.2 Å². The van der Waals surface area contributed by atoms with Crippen molar-refractivity contribution in [2.24, 2.45) is 5.92 Å². The van der Waals surface area contributed by atoms with Crippen LogP contribution in [-0.4, -0.2) is 30.2 Å². The van der Waals surface area contributed by atoms with Crippen molar-refractivity contribution in [1.29, 1.82) is 0 Å². The van der Waals surface area contributed by atoms with E-state index in [2.05, 4.69) is 9.97 Å². The van der Waals surface area contributed by atoms with E-state index in [1.807, 2.05) is 20.8 Å². The molecule has 0 N–H and O–H groups in total. The lowest BCUT2D eigenvalue weighted by atomic mass is 10.2. The van der Waals surface area contributed by atoms with Crippen molar-refractivity contribution in [1.82, 2.24) is 9.97 Å². The molecule has 2 aromatic rings. The van der Waals surface area contributed by atoms with Gasteiger partial charge in [-0.25, -0.2) is 4.98 Å². The molecule has 0 aliphatic heterocycles. The number of rotatable bonds is 7. The van der Waals surface area contributed by atoms with Crippen LogP contribution in [0.3, 0.4) is 0 Å². The number of hydrogen-bond donors (Lipinski definition) is 0. The van der Waals surface area contributed by atoms with E-state index in [4.69, 9.17) is 9.47 Å². The van der Waals surface area contributed by atoms with Crippen molar-refractivity contribution in [3.8, 4) is 11.6 Å². The molecule has 5 nitrogen and oxygen atoms in total. The van der Waals surface area contributed by atoms with Gasteiger partial charge in [0.25, 0.3) is 0 Å². The molecule has 0 aliphatic carbocycles. The first-order valence-electron chi connectivity index (χ1n) is 8.24. The van der Waals surface area contributed by atoms with Gasteiger partial charge < -0.3 is 14.4 Å². The van der Waals surface area contributed by atoms with Crippen LogP contribution in [0, 0.1) is 5.92 Å². The highest BCUT2D eigenvalue weighted by molar-refractivity contribution is 5.58. The zero-order valence-electron chi connectivity index (χ0n) is 15.2. The van der Waals surface area contributed by atoms with Gasteiger partial charge in [-0.1, -0.05) is 13.8 Å². The standard InChI is InChI=1S/C18H22F3N3O2/c1-5-24(13-6-8-14(25-4)9-7-13)17-22-10-15(18(19,20)21)16(23-17)26-11-12(2)3/h6-10,12H,5,11H2,1-4H3. The fraction of sp³-hybridized carbons (Fsp3) is 0.444. The molecule has 0 saturated heterocycles. The second-order valence-corrected chi connectivity index (χ2v) is 6.03. The van der Waals surface area contributed by atoms with Gasteiger partial charge in [0.1, 0.15) is 11.3 Å². The molecule has 0 radical (unpaired) electrons. The van der Waals surface area contributed by atoms with Crippen molar-refractivity contribution >= 4 is 11.6 Å². The Morgan fingerprint density at radius 3 is 2.31 bits per heavy atom. The second-order valence-electron chi connectivity index (χ2n) is 6.03. The van der Waals surface area contributed by atoms with Gasteiger partial charge in [0.15, 0.2) is 0 Å². The minimum atomic E-state index is -4.58. The lowest BCUT2D eigenvalue weighted by Crippen LogP contribution is -2.21. The van der Waals surface area contributed by atoms with E-state index in [0.717, 1.165) is 11.9 Å². The number of benzene rings is 1. The fourth-order valence-corrected chi connectivity index (χ4v) is 2.24. The zero-order chi connectivity index (χ0) is 19.3. The molecule has 2 rings (SSSR count). The summed E-state index contributed by atoms with van der Waals surface area (Å²) < 4.78 is 50.1. The summed E-state index contributed by atoms with van der Waals surface area (Å²) >= 11 is 0. The molecule has 0 amide bonds. The quantitative estimate of drug-likeness (QED) is 0.708. The molecule has 142 valence electrons. The van der Waals surface area contributed by atoms with Crippen molar-refractivity contribution in [2.45, 2.75) is 26.9 Å². The Morgan fingerprint density at radius 1 is 1.15 bits per heavy atom. The monoisotopic (exact) mass is 369 g/mol. The van der Waals surface area contributed by atoms with Crippen LogP contribution in [0.2, 0.25) is 0 Å². The van der Waals surface area contributed by atoms with Gasteiger partial charge in [0.2, 0.25) is 11.8 Å². The molecule has 8 heteroatoms. The highest BCUT2D eigenvalue weighted by Gasteiger charge is 2.36. The molecular formula is C18H22F3N3O2. The van der Waals surface area contributed by atoms with Gasteiger partial charge >= 0.3 is 6.18 Å². The highest BCUT2D eigenvalue weighted by Crippen LogP contribution is 2.36. The van der Waals surface area contributed by atoms with Crippen molar-refractivity contribution in [3.05, 3.63) is 36.0 Å². The Hall–Kier alpha value is -2.51. The van der Waals surface area contributed by atoms with E-state index in [9.17, 15) is 13.2 Å². The molecule has 1 heterocycles. The first-order valence-corrected chi connectivity index (χ1v) is 8.24. The van der Waals surface area contributed by atoms with Crippen LogP contribution in [0.1, 0.15) is 26.3 Å². The second kappa shape index (κ2) is 8.25. The third kappa shape index (κ3) is 4.77. The first-order chi connectivity index (χ1) is 12.3. The number of ether oxygens (including phenoxy) is 2. The zero-order valence-corrected chi connectivity index (χ0v) is 15.2. The van der Waals surface area contributed by atoms with Crippen LogP contribution in [0.4, 0.5) is 24.8 Å². The van der Waals surface area contributed by atoms with Gasteiger partial charge in [-0.15, -0.1) is 0 Å². The largest absolute Gasteiger partial charge is 0.497 e. The third-order valence-corrected chi connectivity index (χ3v) is 3.54. The van der Waals surface area contributed by atoms with Crippen molar-refractivity contribution < 1.29 is 22.6 Å². The van der Waals surface area contributed by atoms with E-state index in [0.29, 0.717) is 12.3 Å². The Bertz CT molecular complexity index is 719. The number of hydrogen-bond acceptors (Lipinski definition) is 5. The average Bonchev–Trinajstić information content (AvgIpc) is 2.60. The Balaban J connectivity index is 2.41. The molecule has 0 aliphatic rings. The molecule has 1 aromatic heterocycles. The van der Waals surface area contributed by atoms with Gasteiger partial charge in [-0.3, -0.25) is 0 Å². The molecule has 0 bridgehead atoms. The molecule has 26 heavy (non-hydrogen) atoms. The predicted molar refractivity (Wildman–Crippen MR) is 93.0 cm³/mol. The summed E-state index contributed by atoms with van der Waals surface area (Å²) in [7, 11) is 1.56. The summed E-state index contributed by atoms with van der Waals surface area (Å²) in [5.74, 6) is 0.435. The summed E-state index contributed by atoms with van der Waals surface area (Å²) in [4.78, 5) is 9.65. The SMILES string of the molecule is CCN(c1ccc(OC)cc1)c1ncc(C(F)(F)F)c(OCC(C)C)n1. The maximum Gasteiger partial charge on any atom is 0.423 e. The topological polar surface area (TPSA) is 47.5 Å². The van der Waals surface area contributed by atoms with Crippen LogP contribution >= 0.6 is 0 Å². The fourth-order valence-electron chi connectivity index (χ4n) is 2.24. The maximum atomic E-state index is 13.2. The Kier molecular flexibility index (Phi) is 6.28. The van der Waals surface area contributed by atoms with Crippen LogP contribution in [0.25, 0.3) is 0 Å². The molecule has 0 saturated carbocycles. The van der Waals surface area contributed by atoms with Gasteiger partial charge in [-0.05, 0) is 37.1 Å². The van der Waals surface area contributed by atoms with Crippen LogP contribution < -0.4 is 14.4 Å². The summed E-state index contributed by atoms with van der Waals surface area (Å²) in [6.07, 6.45) is -3.81. The number of aromatic nitrogens is 2. The summed E-state index contributed by atoms with van der Waals surface area (Å²) in [6.45, 7) is 6.17. The molecule has 0 atom stereocenters. The molecule has 0 spiro atoms. The maximum absolute atomic E-state index is 13.2. The summed E-state index contributed by atoms with van der Waals surface area (Å²) in [5, 5.41) is 0. The molecule has 1 aromatic carbocycles. The minimum Gasteiger partial charge on any atom is -0.497 e. The van der Waals surface area contributed by atoms with E-state index < -0.39 is 17.6 Å². The Labute approximate surface area is 150 Å². The van der Waals surface area contributed by atoms with Crippen molar-refractivity contribution in [2.75, 3.05) is 25.2 Å². The van der Waals surface area contributed by atoms with Gasteiger partial charge in [0.05, 0.1) is 13.7 Å². The van der Waals surface area contributed by atoms with E-state index in [1.54, 1.807) is 36.3 Å². The number of nitrogens with zero attached hydrogens (tertiary/aromatic N) is 3. The number of methoxy groups -OCH3 is 1. The molecular weight excluding hydrogens is 347 g/mol. The lowest BCUT2D eigenvalue weighted by Gasteiger charge is -2.23. The minimum absolute atomic E-state index is 0.0679. The normalized spacial score (nSPS) is 11.5. The van der Waals surface area contributed by atoms with E-state index in [-0.39, 0.29) is 18.5 Å². The van der Waals surface area contributed by atoms with E-state index in [1.165, 1.54) is 0 Å². The Morgan fingerprint density at radius 2 is 1.81 bits per heavy atom. The number of anilines is 2. The van der Waals surface area contributed by atoms with Crippen molar-refractivity contribution in [3.63, 3.8) is 0 Å². The summed E-state index contributed by atoms with van der Waals surface area (Å²) in [6, 6.07) is 7.10. The predicted octanol–water partition coefficient (Wildman–Crippen LogP) is 4.70. The van der Waals surface area contributed by atoms with E-state index >= 15 is 0 Å². The van der Waals surface area contributed by atoms with Gasteiger partial charge in [0, 0.05) is 18.4 Å². The molecule has 0 unspecified atom stereocenters. The lowest BCUT2D eigenvalue weighted by molar-refractivity contribution is -0.139. The molecule has 0 fully saturated rings. The van der Waals surface area contributed by atoms with Crippen LogP contribution in [0.15, 0.2) is 30.5 Å². The smallest absolute Gasteiger partial charge is 0.423 e. The number of halogens is 3.